The van der Waals surface area contributed by atoms with Crippen LogP contribution in [0.4, 0.5) is 0 Å². The summed E-state index contributed by atoms with van der Waals surface area (Å²) in [6.07, 6.45) is 6.62. The monoisotopic (exact) mass is 274 g/mol. The summed E-state index contributed by atoms with van der Waals surface area (Å²) >= 11 is 6.43. The molecule has 1 aromatic heterocycles. The molecular formula is C11H15ClN2O2S. The second-order valence-electron chi connectivity index (χ2n) is 5.02. The van der Waals surface area contributed by atoms with E-state index in [9.17, 15) is 8.42 Å². The van der Waals surface area contributed by atoms with Gasteiger partial charge in [0.05, 0.1) is 28.9 Å². The maximum atomic E-state index is 11.5. The molecule has 0 bridgehead atoms. The van der Waals surface area contributed by atoms with Gasteiger partial charge >= 0.3 is 0 Å². The van der Waals surface area contributed by atoms with E-state index in [1.165, 1.54) is 12.8 Å². The van der Waals surface area contributed by atoms with E-state index in [2.05, 4.69) is 9.55 Å². The molecule has 6 heteroatoms. The van der Waals surface area contributed by atoms with Crippen molar-refractivity contribution in [1.82, 2.24) is 9.55 Å². The lowest BCUT2D eigenvalue weighted by Crippen LogP contribution is -2.13. The molecule has 0 aromatic carbocycles. The molecule has 0 N–H and O–H groups in total. The van der Waals surface area contributed by atoms with Gasteiger partial charge in [0.15, 0.2) is 9.84 Å². The van der Waals surface area contributed by atoms with Crippen molar-refractivity contribution in [2.24, 2.45) is 5.92 Å². The van der Waals surface area contributed by atoms with Gasteiger partial charge in [-0.25, -0.2) is 13.4 Å². The summed E-state index contributed by atoms with van der Waals surface area (Å²) in [6, 6.07) is 0.534. The van der Waals surface area contributed by atoms with Crippen LogP contribution < -0.4 is 0 Å². The van der Waals surface area contributed by atoms with Crippen molar-refractivity contribution >= 4 is 21.4 Å². The molecule has 2 aliphatic rings. The van der Waals surface area contributed by atoms with Crippen LogP contribution in [0, 0.1) is 5.92 Å². The number of nitrogens with zero attached hydrogens (tertiary/aromatic N) is 2. The Bertz CT molecular complexity index is 521. The predicted molar refractivity (Wildman–Crippen MR) is 65.9 cm³/mol. The number of rotatable bonds is 3. The van der Waals surface area contributed by atoms with E-state index in [-0.39, 0.29) is 22.8 Å². The lowest BCUT2D eigenvalue weighted by Gasteiger charge is -2.17. The Hall–Kier alpha value is -0.550. The molecule has 2 heterocycles. The fourth-order valence-corrected chi connectivity index (χ4v) is 4.81. The van der Waals surface area contributed by atoms with Crippen molar-refractivity contribution < 1.29 is 8.42 Å². The van der Waals surface area contributed by atoms with Crippen molar-refractivity contribution in [3.8, 4) is 0 Å². The summed E-state index contributed by atoms with van der Waals surface area (Å²) in [6.45, 7) is 0. The molecule has 1 saturated carbocycles. The highest BCUT2D eigenvalue weighted by atomic mass is 35.5. The highest BCUT2D eigenvalue weighted by Crippen LogP contribution is 2.41. The van der Waals surface area contributed by atoms with Crippen LogP contribution in [0.15, 0.2) is 12.5 Å². The summed E-state index contributed by atoms with van der Waals surface area (Å²) < 4.78 is 25.0. The lowest BCUT2D eigenvalue weighted by atomic mass is 10.0. The van der Waals surface area contributed by atoms with Crippen molar-refractivity contribution in [3.05, 3.63) is 18.2 Å². The van der Waals surface area contributed by atoms with E-state index in [1.807, 2.05) is 6.33 Å². The minimum absolute atomic E-state index is 0.0378. The van der Waals surface area contributed by atoms with Crippen LogP contribution in [0.25, 0.3) is 0 Å². The van der Waals surface area contributed by atoms with Crippen LogP contribution >= 0.6 is 11.6 Å². The molecule has 2 atom stereocenters. The number of alkyl halides is 1. The van der Waals surface area contributed by atoms with Gasteiger partial charge in [0.2, 0.25) is 0 Å². The Kier molecular flexibility index (Phi) is 2.70. The molecule has 0 amide bonds. The maximum Gasteiger partial charge on any atom is 0.150 e. The van der Waals surface area contributed by atoms with E-state index in [1.54, 1.807) is 6.20 Å². The SMILES string of the molecule is O=S1(=O)CCC(C(Cl)c2cncn2C2CC2)C1. The largest absolute Gasteiger partial charge is 0.330 e. The van der Waals surface area contributed by atoms with Crippen LogP contribution in [0.1, 0.15) is 36.4 Å². The second kappa shape index (κ2) is 3.99. The first-order valence-corrected chi connectivity index (χ1v) is 8.19. The third-order valence-corrected chi connectivity index (χ3v) is 5.97. The molecule has 0 spiro atoms. The third-order valence-electron chi connectivity index (χ3n) is 3.60. The van der Waals surface area contributed by atoms with Gasteiger partial charge in [-0.05, 0) is 25.2 Å². The average molecular weight is 275 g/mol. The molecule has 1 aliphatic carbocycles. The first-order valence-electron chi connectivity index (χ1n) is 5.93. The molecule has 17 heavy (non-hydrogen) atoms. The number of aromatic nitrogens is 2. The zero-order chi connectivity index (χ0) is 12.0. The lowest BCUT2D eigenvalue weighted by molar-refractivity contribution is 0.538. The van der Waals surface area contributed by atoms with Crippen molar-refractivity contribution in [2.75, 3.05) is 11.5 Å². The second-order valence-corrected chi connectivity index (χ2v) is 7.72. The summed E-state index contributed by atoms with van der Waals surface area (Å²) in [5, 5.41) is -0.227. The van der Waals surface area contributed by atoms with Gasteiger partial charge in [-0.3, -0.25) is 0 Å². The topological polar surface area (TPSA) is 52.0 Å². The Morgan fingerprint density at radius 2 is 2.18 bits per heavy atom. The van der Waals surface area contributed by atoms with Crippen LogP contribution in [-0.4, -0.2) is 29.5 Å². The van der Waals surface area contributed by atoms with Crippen LogP contribution in [-0.2, 0) is 9.84 Å². The fraction of sp³-hybridized carbons (Fsp3) is 0.727. The predicted octanol–water partition coefficient (Wildman–Crippen LogP) is 1.93. The van der Waals surface area contributed by atoms with E-state index < -0.39 is 9.84 Å². The molecule has 2 unspecified atom stereocenters. The normalized spacial score (nSPS) is 29.4. The van der Waals surface area contributed by atoms with Gasteiger partial charge in [-0.2, -0.15) is 0 Å². The van der Waals surface area contributed by atoms with Gasteiger partial charge in [0.25, 0.3) is 0 Å². The third kappa shape index (κ3) is 2.22. The molecule has 1 aliphatic heterocycles. The highest BCUT2D eigenvalue weighted by Gasteiger charge is 2.36. The maximum absolute atomic E-state index is 11.5. The van der Waals surface area contributed by atoms with Crippen molar-refractivity contribution in [2.45, 2.75) is 30.7 Å². The summed E-state index contributed by atoms with van der Waals surface area (Å²) in [5.41, 5.74) is 0.983. The Morgan fingerprint density at radius 3 is 2.76 bits per heavy atom. The molecule has 2 fully saturated rings. The van der Waals surface area contributed by atoms with Crippen molar-refractivity contribution in [1.29, 1.82) is 0 Å². The summed E-state index contributed by atoms with van der Waals surface area (Å²) in [7, 11) is -2.86. The quantitative estimate of drug-likeness (QED) is 0.792. The summed E-state index contributed by atoms with van der Waals surface area (Å²) in [4.78, 5) is 4.14. The molecule has 1 saturated heterocycles. The molecular weight excluding hydrogens is 260 g/mol. The van der Waals surface area contributed by atoms with E-state index in [4.69, 9.17) is 11.6 Å². The Balaban J connectivity index is 1.81. The highest BCUT2D eigenvalue weighted by molar-refractivity contribution is 7.91. The van der Waals surface area contributed by atoms with Crippen LogP contribution in [0.2, 0.25) is 0 Å². The van der Waals surface area contributed by atoms with Gasteiger partial charge in [-0.1, -0.05) is 0 Å². The molecule has 0 radical (unpaired) electrons. The number of hydrogen-bond acceptors (Lipinski definition) is 3. The van der Waals surface area contributed by atoms with Crippen LogP contribution in [0.5, 0.6) is 0 Å². The summed E-state index contributed by atoms with van der Waals surface area (Å²) in [5.74, 6) is 0.533. The number of sulfone groups is 1. The molecule has 4 nitrogen and oxygen atoms in total. The van der Waals surface area contributed by atoms with E-state index >= 15 is 0 Å². The van der Waals surface area contributed by atoms with Crippen molar-refractivity contribution in [3.63, 3.8) is 0 Å². The number of hydrogen-bond donors (Lipinski definition) is 0. The standard InChI is InChI=1S/C11H15ClN2O2S/c12-11(8-3-4-17(15,16)6-8)10-5-13-7-14(10)9-1-2-9/h5,7-9,11H,1-4,6H2. The van der Waals surface area contributed by atoms with Gasteiger partial charge in [-0.15, -0.1) is 11.6 Å². The Morgan fingerprint density at radius 1 is 1.41 bits per heavy atom. The van der Waals surface area contributed by atoms with E-state index in [0.29, 0.717) is 12.5 Å². The molecule has 3 rings (SSSR count). The first kappa shape index (κ1) is 11.5. The minimum Gasteiger partial charge on any atom is -0.330 e. The minimum atomic E-state index is -2.86. The number of halogens is 1. The van der Waals surface area contributed by atoms with Gasteiger partial charge in [0, 0.05) is 12.2 Å². The van der Waals surface area contributed by atoms with Gasteiger partial charge in [0.1, 0.15) is 0 Å². The Labute approximate surface area is 106 Å². The first-order chi connectivity index (χ1) is 8.07. The molecule has 94 valence electrons. The zero-order valence-corrected chi connectivity index (χ0v) is 11.0. The average Bonchev–Trinajstić information content (AvgIpc) is 2.89. The zero-order valence-electron chi connectivity index (χ0n) is 9.42. The smallest absolute Gasteiger partial charge is 0.150 e. The van der Waals surface area contributed by atoms with Gasteiger partial charge < -0.3 is 4.57 Å². The number of imidazole rings is 1. The fourth-order valence-electron chi connectivity index (χ4n) is 2.48. The van der Waals surface area contributed by atoms with Crippen LogP contribution in [0.3, 0.4) is 0 Å². The van der Waals surface area contributed by atoms with E-state index in [0.717, 1.165) is 5.69 Å². The molecule has 1 aromatic rings.